The maximum Gasteiger partial charge on any atom is 0.105 e. The van der Waals surface area contributed by atoms with E-state index in [1.54, 1.807) is 0 Å². The van der Waals surface area contributed by atoms with Crippen LogP contribution >= 0.6 is 27.5 Å². The summed E-state index contributed by atoms with van der Waals surface area (Å²) in [6, 6.07) is 7.85. The Balaban J connectivity index is 2.26. The van der Waals surface area contributed by atoms with Gasteiger partial charge in [0.05, 0.1) is 6.04 Å². The van der Waals surface area contributed by atoms with Crippen molar-refractivity contribution < 1.29 is 4.42 Å². The molecule has 1 atom stereocenters. The lowest BCUT2D eigenvalue weighted by Gasteiger charge is -2.16. The third kappa shape index (κ3) is 3.39. The first-order valence-electron chi connectivity index (χ1n) is 5.98. The highest BCUT2D eigenvalue weighted by Crippen LogP contribution is 2.28. The van der Waals surface area contributed by atoms with Crippen LogP contribution in [0, 0.1) is 13.8 Å². The Kier molecular flexibility index (Phi) is 4.68. The largest absolute Gasteiger partial charge is 0.466 e. The van der Waals surface area contributed by atoms with E-state index in [0.717, 1.165) is 32.1 Å². The first-order chi connectivity index (χ1) is 9.01. The molecule has 2 aromatic rings. The minimum absolute atomic E-state index is 0.0175. The van der Waals surface area contributed by atoms with E-state index in [2.05, 4.69) is 21.4 Å². The molecule has 0 aliphatic carbocycles. The third-order valence-corrected chi connectivity index (χ3v) is 3.94. The Morgan fingerprint density at radius 3 is 2.63 bits per heavy atom. The smallest absolute Gasteiger partial charge is 0.105 e. The van der Waals surface area contributed by atoms with Crippen molar-refractivity contribution >= 4 is 27.5 Å². The maximum atomic E-state index is 6.24. The number of hydrazine groups is 1. The van der Waals surface area contributed by atoms with E-state index in [4.69, 9.17) is 21.9 Å². The van der Waals surface area contributed by atoms with Gasteiger partial charge in [0, 0.05) is 15.1 Å². The van der Waals surface area contributed by atoms with Crippen LogP contribution in [-0.2, 0) is 6.42 Å². The molecule has 1 unspecified atom stereocenters. The topological polar surface area (TPSA) is 51.2 Å². The normalized spacial score (nSPS) is 12.7. The van der Waals surface area contributed by atoms with Gasteiger partial charge in [-0.05, 0) is 44.0 Å². The van der Waals surface area contributed by atoms with Crippen molar-refractivity contribution in [3.63, 3.8) is 0 Å². The molecule has 0 spiro atoms. The summed E-state index contributed by atoms with van der Waals surface area (Å²) in [6.45, 7) is 3.87. The number of nitrogens with two attached hydrogens (primary N) is 1. The van der Waals surface area contributed by atoms with Gasteiger partial charge in [0.1, 0.15) is 11.5 Å². The molecular weight excluding hydrogens is 328 g/mol. The summed E-state index contributed by atoms with van der Waals surface area (Å²) in [7, 11) is 0. The van der Waals surface area contributed by atoms with Gasteiger partial charge in [-0.1, -0.05) is 33.6 Å². The zero-order valence-corrected chi connectivity index (χ0v) is 13.2. The van der Waals surface area contributed by atoms with Gasteiger partial charge in [0.2, 0.25) is 0 Å². The molecule has 19 heavy (non-hydrogen) atoms. The number of hydrogen-bond acceptors (Lipinski definition) is 3. The molecule has 0 radical (unpaired) electrons. The molecule has 0 saturated heterocycles. The van der Waals surface area contributed by atoms with Crippen molar-refractivity contribution in [2.24, 2.45) is 5.84 Å². The van der Waals surface area contributed by atoms with Crippen molar-refractivity contribution in [2.75, 3.05) is 0 Å². The standard InChI is InChI=1S/C14H16BrClN2O/c1-8-5-12(9(2)19-8)14(18-17)6-10-3-4-11(15)7-13(10)16/h3-5,7,14,18H,6,17H2,1-2H3. The van der Waals surface area contributed by atoms with Gasteiger partial charge in [-0.2, -0.15) is 0 Å². The molecule has 1 aromatic carbocycles. The SMILES string of the molecule is Cc1cc(C(Cc2ccc(Br)cc2Cl)NN)c(C)o1. The Morgan fingerprint density at radius 2 is 2.11 bits per heavy atom. The lowest BCUT2D eigenvalue weighted by Crippen LogP contribution is -2.29. The summed E-state index contributed by atoms with van der Waals surface area (Å²) in [5.74, 6) is 7.43. The molecule has 1 heterocycles. The molecule has 0 bridgehead atoms. The molecule has 0 fully saturated rings. The van der Waals surface area contributed by atoms with Crippen LogP contribution in [0.1, 0.15) is 28.7 Å². The van der Waals surface area contributed by atoms with E-state index in [9.17, 15) is 0 Å². The van der Waals surface area contributed by atoms with E-state index >= 15 is 0 Å². The number of rotatable bonds is 4. The van der Waals surface area contributed by atoms with Crippen LogP contribution in [-0.4, -0.2) is 0 Å². The Bertz CT molecular complexity index is 583. The van der Waals surface area contributed by atoms with Crippen LogP contribution in [0.4, 0.5) is 0 Å². The van der Waals surface area contributed by atoms with Gasteiger partial charge < -0.3 is 4.42 Å². The highest BCUT2D eigenvalue weighted by atomic mass is 79.9. The fourth-order valence-electron chi connectivity index (χ4n) is 2.16. The molecule has 2 rings (SSSR count). The molecule has 1 aromatic heterocycles. The van der Waals surface area contributed by atoms with Gasteiger partial charge in [0.25, 0.3) is 0 Å². The van der Waals surface area contributed by atoms with Crippen molar-refractivity contribution in [1.82, 2.24) is 5.43 Å². The highest BCUT2D eigenvalue weighted by Gasteiger charge is 2.17. The van der Waals surface area contributed by atoms with Crippen molar-refractivity contribution in [3.8, 4) is 0 Å². The summed E-state index contributed by atoms with van der Waals surface area (Å²) < 4.78 is 6.51. The van der Waals surface area contributed by atoms with Crippen LogP contribution < -0.4 is 11.3 Å². The fraction of sp³-hybridized carbons (Fsp3) is 0.286. The van der Waals surface area contributed by atoms with E-state index in [0.29, 0.717) is 6.42 Å². The summed E-state index contributed by atoms with van der Waals surface area (Å²) in [5.41, 5.74) is 4.95. The second-order valence-corrected chi connectivity index (χ2v) is 5.85. The van der Waals surface area contributed by atoms with Gasteiger partial charge >= 0.3 is 0 Å². The number of halogens is 2. The predicted octanol–water partition coefficient (Wildman–Crippen LogP) is 4.06. The Hall–Kier alpha value is -0.810. The van der Waals surface area contributed by atoms with Crippen molar-refractivity contribution in [2.45, 2.75) is 26.3 Å². The Labute approximate surface area is 126 Å². The molecule has 5 heteroatoms. The fourth-order valence-corrected chi connectivity index (χ4v) is 2.91. The minimum atomic E-state index is -0.0175. The molecule has 3 nitrogen and oxygen atoms in total. The van der Waals surface area contributed by atoms with Crippen molar-refractivity contribution in [3.05, 3.63) is 56.4 Å². The average Bonchev–Trinajstić information content (AvgIpc) is 2.68. The number of furan rings is 1. The molecule has 0 saturated carbocycles. The van der Waals surface area contributed by atoms with Gasteiger partial charge in [0.15, 0.2) is 0 Å². The van der Waals surface area contributed by atoms with E-state index < -0.39 is 0 Å². The summed E-state index contributed by atoms with van der Waals surface area (Å²) in [6.07, 6.45) is 0.711. The second kappa shape index (κ2) is 6.09. The third-order valence-electron chi connectivity index (χ3n) is 3.10. The maximum absolute atomic E-state index is 6.24. The zero-order chi connectivity index (χ0) is 14.0. The van der Waals surface area contributed by atoms with Gasteiger partial charge in [-0.3, -0.25) is 11.3 Å². The number of benzene rings is 1. The quantitative estimate of drug-likeness (QED) is 0.650. The number of hydrogen-bond donors (Lipinski definition) is 2. The number of aryl methyl sites for hydroxylation is 2. The average molecular weight is 344 g/mol. The van der Waals surface area contributed by atoms with Crippen LogP contribution in [0.2, 0.25) is 5.02 Å². The van der Waals surface area contributed by atoms with Gasteiger partial charge in [-0.25, -0.2) is 0 Å². The zero-order valence-electron chi connectivity index (χ0n) is 10.8. The molecule has 102 valence electrons. The lowest BCUT2D eigenvalue weighted by atomic mass is 9.99. The lowest BCUT2D eigenvalue weighted by molar-refractivity contribution is 0.484. The summed E-state index contributed by atoms with van der Waals surface area (Å²) in [4.78, 5) is 0. The summed E-state index contributed by atoms with van der Waals surface area (Å²) >= 11 is 9.64. The monoisotopic (exact) mass is 342 g/mol. The van der Waals surface area contributed by atoms with E-state index in [1.165, 1.54) is 0 Å². The molecule has 0 aliphatic heterocycles. The molecule has 0 aliphatic rings. The first-order valence-corrected chi connectivity index (χ1v) is 7.15. The van der Waals surface area contributed by atoms with Crippen molar-refractivity contribution in [1.29, 1.82) is 0 Å². The molecule has 3 N–H and O–H groups in total. The minimum Gasteiger partial charge on any atom is -0.466 e. The van der Waals surface area contributed by atoms with E-state index in [1.807, 2.05) is 38.1 Å². The Morgan fingerprint density at radius 1 is 1.37 bits per heavy atom. The second-order valence-electron chi connectivity index (χ2n) is 4.53. The summed E-state index contributed by atoms with van der Waals surface area (Å²) in [5, 5.41) is 0.729. The molecule has 0 amide bonds. The number of nitrogens with one attached hydrogen (secondary N) is 1. The van der Waals surface area contributed by atoms with Crippen LogP contribution in [0.3, 0.4) is 0 Å². The predicted molar refractivity (Wildman–Crippen MR) is 81.1 cm³/mol. The van der Waals surface area contributed by atoms with Crippen LogP contribution in [0.5, 0.6) is 0 Å². The molecular formula is C14H16BrClN2O. The van der Waals surface area contributed by atoms with Gasteiger partial charge in [-0.15, -0.1) is 0 Å². The van der Waals surface area contributed by atoms with Crippen LogP contribution in [0.15, 0.2) is 33.2 Å². The van der Waals surface area contributed by atoms with E-state index in [-0.39, 0.29) is 6.04 Å². The first kappa shape index (κ1) is 14.6. The van der Waals surface area contributed by atoms with Crippen LogP contribution in [0.25, 0.3) is 0 Å². The highest BCUT2D eigenvalue weighted by molar-refractivity contribution is 9.10.